The van der Waals surface area contributed by atoms with E-state index in [2.05, 4.69) is 10.1 Å². The molecule has 1 amide bonds. The summed E-state index contributed by atoms with van der Waals surface area (Å²) in [6.45, 7) is -3.00. The minimum Gasteiger partial charge on any atom is -0.435 e. The van der Waals surface area contributed by atoms with Crippen LogP contribution in [-0.2, 0) is 0 Å². The molecule has 7 heteroatoms. The average Bonchev–Trinajstić information content (AvgIpc) is 2.41. The Kier molecular flexibility index (Phi) is 4.42. The summed E-state index contributed by atoms with van der Waals surface area (Å²) in [6, 6.07) is 8.34. The van der Waals surface area contributed by atoms with Gasteiger partial charge < -0.3 is 10.1 Å². The normalized spacial score (nSPS) is 10.5. The molecule has 2 aromatic carbocycles. The number of hydrogen-bond donors (Lipinski definition) is 1. The number of nitrogens with one attached hydrogen (secondary N) is 1. The zero-order valence-electron chi connectivity index (χ0n) is 10.4. The maximum absolute atomic E-state index is 13.4. The number of alkyl halides is 2. The molecular formula is C14H9F4NO2. The maximum atomic E-state index is 13.4. The van der Waals surface area contributed by atoms with E-state index in [0.29, 0.717) is 0 Å². The van der Waals surface area contributed by atoms with E-state index in [-0.39, 0.29) is 11.4 Å². The van der Waals surface area contributed by atoms with Crippen molar-refractivity contribution in [1.29, 1.82) is 0 Å². The van der Waals surface area contributed by atoms with Crippen LogP contribution < -0.4 is 10.1 Å². The lowest BCUT2D eigenvalue weighted by Crippen LogP contribution is -2.14. The first-order chi connectivity index (χ1) is 9.97. The lowest BCUT2D eigenvalue weighted by atomic mass is 10.2. The second-order valence-electron chi connectivity index (χ2n) is 3.96. The number of ether oxygens (including phenoxy) is 1. The molecule has 0 atom stereocenters. The van der Waals surface area contributed by atoms with Gasteiger partial charge in [-0.15, -0.1) is 0 Å². The van der Waals surface area contributed by atoms with E-state index in [1.165, 1.54) is 24.3 Å². The van der Waals surface area contributed by atoms with Gasteiger partial charge in [0.15, 0.2) is 11.6 Å². The standard InChI is InChI=1S/C14H9F4NO2/c15-11-6-2-5-10(12(11)16)13(20)19-8-3-1-4-9(7-8)21-14(17)18/h1-7,14H,(H,19,20). The second kappa shape index (κ2) is 6.25. The van der Waals surface area contributed by atoms with Crippen LogP contribution in [0.15, 0.2) is 42.5 Å². The Morgan fingerprint density at radius 1 is 1.10 bits per heavy atom. The van der Waals surface area contributed by atoms with Gasteiger partial charge in [-0.25, -0.2) is 8.78 Å². The molecule has 0 aliphatic heterocycles. The number of halogens is 4. The zero-order valence-corrected chi connectivity index (χ0v) is 10.4. The summed E-state index contributed by atoms with van der Waals surface area (Å²) in [6.07, 6.45) is 0. The Labute approximate surface area is 117 Å². The molecule has 0 aliphatic carbocycles. The van der Waals surface area contributed by atoms with Crippen LogP contribution in [0.3, 0.4) is 0 Å². The first kappa shape index (κ1) is 14.8. The second-order valence-corrected chi connectivity index (χ2v) is 3.96. The molecule has 0 unspecified atom stereocenters. The first-order valence-electron chi connectivity index (χ1n) is 5.77. The molecule has 0 aromatic heterocycles. The fourth-order valence-electron chi connectivity index (χ4n) is 1.63. The van der Waals surface area contributed by atoms with E-state index in [4.69, 9.17) is 0 Å². The van der Waals surface area contributed by atoms with E-state index in [1.54, 1.807) is 0 Å². The smallest absolute Gasteiger partial charge is 0.387 e. The largest absolute Gasteiger partial charge is 0.435 e. The highest BCUT2D eigenvalue weighted by molar-refractivity contribution is 6.04. The molecule has 0 fully saturated rings. The van der Waals surface area contributed by atoms with Crippen molar-refractivity contribution in [3.63, 3.8) is 0 Å². The third-order valence-corrected chi connectivity index (χ3v) is 2.51. The van der Waals surface area contributed by atoms with E-state index in [9.17, 15) is 22.4 Å². The van der Waals surface area contributed by atoms with E-state index in [0.717, 1.165) is 18.2 Å². The summed E-state index contributed by atoms with van der Waals surface area (Å²) in [5, 5.41) is 2.27. The molecule has 0 radical (unpaired) electrons. The Morgan fingerprint density at radius 2 is 1.81 bits per heavy atom. The molecule has 2 aromatic rings. The van der Waals surface area contributed by atoms with Gasteiger partial charge in [0.05, 0.1) is 5.56 Å². The Hall–Kier alpha value is -2.57. The lowest BCUT2D eigenvalue weighted by Gasteiger charge is -2.09. The predicted octanol–water partition coefficient (Wildman–Crippen LogP) is 3.82. The molecule has 0 bridgehead atoms. The average molecular weight is 299 g/mol. The summed E-state index contributed by atoms with van der Waals surface area (Å²) in [4.78, 5) is 11.8. The van der Waals surface area contributed by atoms with Crippen LogP contribution >= 0.6 is 0 Å². The molecule has 3 nitrogen and oxygen atoms in total. The molecule has 2 rings (SSSR count). The van der Waals surface area contributed by atoms with Gasteiger partial charge in [0.2, 0.25) is 0 Å². The van der Waals surface area contributed by atoms with Gasteiger partial charge in [0.1, 0.15) is 5.75 Å². The van der Waals surface area contributed by atoms with Crippen molar-refractivity contribution in [1.82, 2.24) is 0 Å². The topological polar surface area (TPSA) is 38.3 Å². The number of anilines is 1. The summed E-state index contributed by atoms with van der Waals surface area (Å²) in [5.74, 6) is -3.50. The number of amides is 1. The zero-order chi connectivity index (χ0) is 15.4. The number of hydrogen-bond acceptors (Lipinski definition) is 2. The van der Waals surface area contributed by atoms with Crippen molar-refractivity contribution in [2.45, 2.75) is 6.61 Å². The molecule has 0 saturated carbocycles. The summed E-state index contributed by atoms with van der Waals surface area (Å²) < 4.78 is 54.8. The fraction of sp³-hybridized carbons (Fsp3) is 0.0714. The number of benzene rings is 2. The number of carbonyl (C=O) groups is 1. The van der Waals surface area contributed by atoms with Gasteiger partial charge in [0.25, 0.3) is 5.91 Å². The van der Waals surface area contributed by atoms with Crippen LogP contribution in [0, 0.1) is 11.6 Å². The summed E-state index contributed by atoms with van der Waals surface area (Å²) in [7, 11) is 0. The van der Waals surface area contributed by atoms with Crippen molar-refractivity contribution >= 4 is 11.6 Å². The van der Waals surface area contributed by atoms with Crippen molar-refractivity contribution < 1.29 is 27.1 Å². The van der Waals surface area contributed by atoms with Gasteiger partial charge >= 0.3 is 6.61 Å². The van der Waals surface area contributed by atoms with E-state index < -0.39 is 29.7 Å². The molecule has 0 aliphatic rings. The summed E-state index contributed by atoms with van der Waals surface area (Å²) >= 11 is 0. The van der Waals surface area contributed by atoms with Crippen molar-refractivity contribution in [3.8, 4) is 5.75 Å². The van der Waals surface area contributed by atoms with Crippen molar-refractivity contribution in [2.75, 3.05) is 5.32 Å². The highest BCUT2D eigenvalue weighted by Crippen LogP contribution is 2.20. The molecule has 110 valence electrons. The van der Waals surface area contributed by atoms with E-state index >= 15 is 0 Å². The monoisotopic (exact) mass is 299 g/mol. The minimum atomic E-state index is -3.00. The highest BCUT2D eigenvalue weighted by atomic mass is 19.3. The number of carbonyl (C=O) groups excluding carboxylic acids is 1. The van der Waals surface area contributed by atoms with Gasteiger partial charge in [-0.3, -0.25) is 4.79 Å². The Bertz CT molecular complexity index is 661. The van der Waals surface area contributed by atoms with Gasteiger partial charge in [-0.1, -0.05) is 12.1 Å². The number of rotatable bonds is 4. The molecule has 0 saturated heterocycles. The van der Waals surface area contributed by atoms with Crippen LogP contribution in [0.25, 0.3) is 0 Å². The maximum Gasteiger partial charge on any atom is 0.387 e. The van der Waals surface area contributed by atoms with Crippen LogP contribution in [0.1, 0.15) is 10.4 Å². The van der Waals surface area contributed by atoms with Crippen LogP contribution in [0.5, 0.6) is 5.75 Å². The fourth-order valence-corrected chi connectivity index (χ4v) is 1.63. The molecule has 1 N–H and O–H groups in total. The van der Waals surface area contributed by atoms with Gasteiger partial charge in [-0.2, -0.15) is 8.78 Å². The predicted molar refractivity (Wildman–Crippen MR) is 67.4 cm³/mol. The lowest BCUT2D eigenvalue weighted by molar-refractivity contribution is -0.0497. The Morgan fingerprint density at radius 3 is 2.52 bits per heavy atom. The summed E-state index contributed by atoms with van der Waals surface area (Å²) in [5.41, 5.74) is -0.378. The quantitative estimate of drug-likeness (QED) is 0.872. The first-order valence-corrected chi connectivity index (χ1v) is 5.77. The molecule has 0 spiro atoms. The molecule has 0 heterocycles. The minimum absolute atomic E-state index is 0.113. The van der Waals surface area contributed by atoms with Crippen molar-refractivity contribution in [3.05, 3.63) is 59.7 Å². The van der Waals surface area contributed by atoms with Crippen molar-refractivity contribution in [2.24, 2.45) is 0 Å². The van der Waals surface area contributed by atoms with Crippen LogP contribution in [0.2, 0.25) is 0 Å². The molecule has 21 heavy (non-hydrogen) atoms. The van der Waals surface area contributed by atoms with Gasteiger partial charge in [-0.05, 0) is 24.3 Å². The third-order valence-electron chi connectivity index (χ3n) is 2.51. The van der Waals surface area contributed by atoms with Crippen LogP contribution in [0.4, 0.5) is 23.2 Å². The van der Waals surface area contributed by atoms with E-state index in [1.807, 2.05) is 0 Å². The Balaban J connectivity index is 2.18. The highest BCUT2D eigenvalue weighted by Gasteiger charge is 2.15. The van der Waals surface area contributed by atoms with Gasteiger partial charge in [0, 0.05) is 11.8 Å². The SMILES string of the molecule is O=C(Nc1cccc(OC(F)F)c1)c1cccc(F)c1F. The third kappa shape index (κ3) is 3.71. The molecular weight excluding hydrogens is 290 g/mol. The van der Waals surface area contributed by atoms with Crippen LogP contribution in [-0.4, -0.2) is 12.5 Å².